The quantitative estimate of drug-likeness (QED) is 0.896. The molecule has 0 spiro atoms. The van der Waals surface area contributed by atoms with Crippen LogP contribution in [0.4, 0.5) is 0 Å². The van der Waals surface area contributed by atoms with Gasteiger partial charge in [0.05, 0.1) is 7.11 Å². The zero-order chi connectivity index (χ0) is 13.0. The van der Waals surface area contributed by atoms with Crippen LogP contribution in [0.1, 0.15) is 18.5 Å². The minimum Gasteiger partial charge on any atom is -0.479 e. The fourth-order valence-corrected chi connectivity index (χ4v) is 1.77. The summed E-state index contributed by atoms with van der Waals surface area (Å²) >= 11 is 0. The molecule has 1 unspecified atom stereocenters. The number of hydrogen-bond acceptors (Lipinski definition) is 4. The molecular formula is C14H17N3O. The second kappa shape index (κ2) is 5.60. The highest BCUT2D eigenvalue weighted by molar-refractivity contribution is 5.64. The van der Waals surface area contributed by atoms with E-state index in [9.17, 15) is 0 Å². The molecule has 2 aromatic rings. The molecule has 0 saturated carbocycles. The summed E-state index contributed by atoms with van der Waals surface area (Å²) in [4.78, 5) is 8.46. The first-order chi connectivity index (χ1) is 8.76. The van der Waals surface area contributed by atoms with Crippen LogP contribution in [-0.4, -0.2) is 24.1 Å². The van der Waals surface area contributed by atoms with Crippen molar-refractivity contribution in [2.24, 2.45) is 0 Å². The first-order valence-electron chi connectivity index (χ1n) is 5.89. The van der Waals surface area contributed by atoms with Crippen LogP contribution >= 0.6 is 0 Å². The molecule has 0 amide bonds. The third kappa shape index (κ3) is 2.49. The normalized spacial score (nSPS) is 12.2. The SMILES string of the molecule is CNC(C)c1ccc(-c2nccnc2OC)cc1. The molecule has 94 valence electrons. The molecular weight excluding hydrogens is 226 g/mol. The van der Waals surface area contributed by atoms with Crippen LogP contribution in [-0.2, 0) is 0 Å². The Balaban J connectivity index is 2.34. The molecule has 2 rings (SSSR count). The van der Waals surface area contributed by atoms with Crippen molar-refractivity contribution in [2.75, 3.05) is 14.2 Å². The topological polar surface area (TPSA) is 47.0 Å². The minimum absolute atomic E-state index is 0.336. The van der Waals surface area contributed by atoms with Gasteiger partial charge in [0.1, 0.15) is 5.69 Å². The molecule has 1 aromatic heterocycles. The van der Waals surface area contributed by atoms with E-state index in [1.165, 1.54) is 5.56 Å². The van der Waals surface area contributed by atoms with Crippen LogP contribution < -0.4 is 10.1 Å². The third-order valence-corrected chi connectivity index (χ3v) is 2.98. The van der Waals surface area contributed by atoms with E-state index in [4.69, 9.17) is 4.74 Å². The molecule has 0 aliphatic carbocycles. The number of hydrogen-bond donors (Lipinski definition) is 1. The van der Waals surface area contributed by atoms with E-state index in [-0.39, 0.29) is 0 Å². The molecule has 0 aliphatic heterocycles. The maximum Gasteiger partial charge on any atom is 0.240 e. The Morgan fingerprint density at radius 2 is 1.78 bits per heavy atom. The fraction of sp³-hybridized carbons (Fsp3) is 0.286. The summed E-state index contributed by atoms with van der Waals surface area (Å²) in [6.07, 6.45) is 3.29. The van der Waals surface area contributed by atoms with Crippen molar-refractivity contribution in [3.05, 3.63) is 42.2 Å². The lowest BCUT2D eigenvalue weighted by molar-refractivity contribution is 0.398. The van der Waals surface area contributed by atoms with Crippen molar-refractivity contribution in [1.29, 1.82) is 0 Å². The van der Waals surface area contributed by atoms with Gasteiger partial charge in [0, 0.05) is 24.0 Å². The Kier molecular flexibility index (Phi) is 3.89. The van der Waals surface area contributed by atoms with Gasteiger partial charge in [-0.15, -0.1) is 0 Å². The van der Waals surface area contributed by atoms with Gasteiger partial charge in [-0.1, -0.05) is 24.3 Å². The molecule has 1 N–H and O–H groups in total. The Morgan fingerprint density at radius 1 is 1.11 bits per heavy atom. The fourth-order valence-electron chi connectivity index (χ4n) is 1.77. The summed E-state index contributed by atoms with van der Waals surface area (Å²) in [7, 11) is 3.55. The summed E-state index contributed by atoms with van der Waals surface area (Å²) in [6.45, 7) is 2.12. The predicted molar refractivity (Wildman–Crippen MR) is 71.5 cm³/mol. The van der Waals surface area contributed by atoms with Gasteiger partial charge in [-0.25, -0.2) is 9.97 Å². The van der Waals surface area contributed by atoms with Gasteiger partial charge in [0.2, 0.25) is 5.88 Å². The molecule has 1 heterocycles. The van der Waals surface area contributed by atoms with Gasteiger partial charge in [-0.3, -0.25) is 0 Å². The van der Waals surface area contributed by atoms with Crippen molar-refractivity contribution >= 4 is 0 Å². The Hall–Kier alpha value is -1.94. The average Bonchev–Trinajstić information content (AvgIpc) is 2.46. The van der Waals surface area contributed by atoms with Gasteiger partial charge >= 0.3 is 0 Å². The highest BCUT2D eigenvalue weighted by Gasteiger charge is 2.09. The second-order valence-electron chi connectivity index (χ2n) is 4.05. The maximum absolute atomic E-state index is 5.21. The first-order valence-corrected chi connectivity index (χ1v) is 5.89. The summed E-state index contributed by atoms with van der Waals surface area (Å²) in [5, 5.41) is 3.21. The Bertz CT molecular complexity index is 511. The zero-order valence-corrected chi connectivity index (χ0v) is 10.8. The smallest absolute Gasteiger partial charge is 0.240 e. The lowest BCUT2D eigenvalue weighted by atomic mass is 10.0. The zero-order valence-electron chi connectivity index (χ0n) is 10.8. The van der Waals surface area contributed by atoms with E-state index in [0.717, 1.165) is 11.3 Å². The van der Waals surface area contributed by atoms with Gasteiger partial charge in [0.25, 0.3) is 0 Å². The van der Waals surface area contributed by atoms with E-state index in [1.807, 2.05) is 19.2 Å². The average molecular weight is 243 g/mol. The standard InChI is InChI=1S/C14H17N3O/c1-10(15-2)11-4-6-12(7-5-11)13-14(18-3)17-9-8-16-13/h4-10,15H,1-3H3. The van der Waals surface area contributed by atoms with Crippen LogP contribution in [0.5, 0.6) is 5.88 Å². The van der Waals surface area contributed by atoms with Crippen molar-refractivity contribution < 1.29 is 4.74 Å². The van der Waals surface area contributed by atoms with Crippen LogP contribution in [0.15, 0.2) is 36.7 Å². The monoisotopic (exact) mass is 243 g/mol. The lowest BCUT2D eigenvalue weighted by Crippen LogP contribution is -2.11. The molecule has 18 heavy (non-hydrogen) atoms. The van der Waals surface area contributed by atoms with Gasteiger partial charge in [0.15, 0.2) is 0 Å². The summed E-state index contributed by atoms with van der Waals surface area (Å²) in [5.74, 6) is 0.548. The van der Waals surface area contributed by atoms with Crippen molar-refractivity contribution in [3.8, 4) is 17.1 Å². The van der Waals surface area contributed by atoms with E-state index in [0.29, 0.717) is 11.9 Å². The molecule has 0 radical (unpaired) electrons. The largest absolute Gasteiger partial charge is 0.479 e. The van der Waals surface area contributed by atoms with Crippen LogP contribution in [0.3, 0.4) is 0 Å². The van der Waals surface area contributed by atoms with E-state index in [2.05, 4.69) is 34.3 Å². The van der Waals surface area contributed by atoms with Crippen molar-refractivity contribution in [1.82, 2.24) is 15.3 Å². The third-order valence-electron chi connectivity index (χ3n) is 2.98. The lowest BCUT2D eigenvalue weighted by Gasteiger charge is -2.11. The van der Waals surface area contributed by atoms with Crippen LogP contribution in [0, 0.1) is 0 Å². The second-order valence-corrected chi connectivity index (χ2v) is 4.05. The molecule has 0 aliphatic rings. The van der Waals surface area contributed by atoms with Gasteiger partial charge in [-0.05, 0) is 19.5 Å². The van der Waals surface area contributed by atoms with E-state index >= 15 is 0 Å². The molecule has 0 bridgehead atoms. The predicted octanol–water partition coefficient (Wildman–Crippen LogP) is 2.43. The number of rotatable bonds is 4. The Labute approximate surface area is 107 Å². The highest BCUT2D eigenvalue weighted by Crippen LogP contribution is 2.26. The van der Waals surface area contributed by atoms with E-state index in [1.54, 1.807) is 19.5 Å². The highest BCUT2D eigenvalue weighted by atomic mass is 16.5. The maximum atomic E-state index is 5.21. The van der Waals surface area contributed by atoms with Gasteiger partial charge in [-0.2, -0.15) is 0 Å². The summed E-state index contributed by atoms with van der Waals surface area (Å²) < 4.78 is 5.21. The van der Waals surface area contributed by atoms with Crippen LogP contribution in [0.2, 0.25) is 0 Å². The Morgan fingerprint density at radius 3 is 2.39 bits per heavy atom. The number of methoxy groups -OCH3 is 1. The number of ether oxygens (including phenoxy) is 1. The van der Waals surface area contributed by atoms with E-state index < -0.39 is 0 Å². The number of aromatic nitrogens is 2. The summed E-state index contributed by atoms with van der Waals surface area (Å²) in [6, 6.07) is 8.59. The minimum atomic E-state index is 0.336. The molecule has 4 heteroatoms. The molecule has 0 saturated heterocycles. The molecule has 4 nitrogen and oxygen atoms in total. The number of nitrogens with zero attached hydrogens (tertiary/aromatic N) is 2. The molecule has 1 atom stereocenters. The number of nitrogens with one attached hydrogen (secondary N) is 1. The van der Waals surface area contributed by atoms with Crippen LogP contribution in [0.25, 0.3) is 11.3 Å². The number of benzene rings is 1. The first kappa shape index (κ1) is 12.5. The summed E-state index contributed by atoms with van der Waals surface area (Å²) in [5.41, 5.74) is 3.01. The van der Waals surface area contributed by atoms with Crippen molar-refractivity contribution in [3.63, 3.8) is 0 Å². The van der Waals surface area contributed by atoms with Crippen molar-refractivity contribution in [2.45, 2.75) is 13.0 Å². The molecule has 0 fully saturated rings. The van der Waals surface area contributed by atoms with Gasteiger partial charge < -0.3 is 10.1 Å². The molecule has 1 aromatic carbocycles.